The molecule has 1 heterocycles. The maximum absolute atomic E-state index is 10.8. The largest absolute Gasteiger partial charge is 0.485 e. The fourth-order valence-corrected chi connectivity index (χ4v) is 5.86. The zero-order valence-corrected chi connectivity index (χ0v) is 17.6. The predicted octanol–water partition coefficient (Wildman–Crippen LogP) is 5.17. The van der Waals surface area contributed by atoms with Crippen LogP contribution in [0.3, 0.4) is 0 Å². The highest BCUT2D eigenvalue weighted by atomic mass is 32.2. The number of carboxylic acids is 2. The van der Waals surface area contributed by atoms with E-state index in [0.717, 1.165) is 29.7 Å². The molecule has 29 heavy (non-hydrogen) atoms. The Hall–Kier alpha value is -2.12. The number of thioether (sulfide) groups is 2. The van der Waals surface area contributed by atoms with Gasteiger partial charge < -0.3 is 14.9 Å². The Morgan fingerprint density at radius 2 is 1.66 bits per heavy atom. The number of benzene rings is 2. The van der Waals surface area contributed by atoms with E-state index in [1.807, 2.05) is 30.3 Å². The van der Waals surface area contributed by atoms with Gasteiger partial charge in [0.05, 0.1) is 17.4 Å². The van der Waals surface area contributed by atoms with Crippen molar-refractivity contribution < 1.29 is 24.5 Å². The molecular weight excluding hydrogens is 408 g/mol. The highest BCUT2D eigenvalue weighted by Gasteiger charge is 2.23. The van der Waals surface area contributed by atoms with Gasteiger partial charge in [0.15, 0.2) is 0 Å². The molecular formula is C22H24O5S2. The second-order valence-corrected chi connectivity index (χ2v) is 9.51. The third-order valence-electron chi connectivity index (χ3n) is 4.64. The topological polar surface area (TPSA) is 83.8 Å². The molecule has 0 spiro atoms. The highest BCUT2D eigenvalue weighted by Crippen LogP contribution is 2.43. The lowest BCUT2D eigenvalue weighted by Gasteiger charge is -2.27. The minimum Gasteiger partial charge on any atom is -0.485 e. The second kappa shape index (κ2) is 10.6. The van der Waals surface area contributed by atoms with E-state index in [-0.39, 0.29) is 23.5 Å². The molecule has 1 aliphatic heterocycles. The van der Waals surface area contributed by atoms with Crippen molar-refractivity contribution in [2.24, 2.45) is 0 Å². The molecule has 0 amide bonds. The molecule has 0 radical (unpaired) electrons. The standard InChI is InChI=1S/C22H24O5S2/c23-20(24)10-12-28-22(29-13-11-21(25)26)17-7-9-19-16(14-17)6-8-18(27-19)15-4-2-1-3-5-15/h1-5,7,9,14,18,22H,6,8,10-13H2,(H,23,24)(H,25,26). The molecule has 0 saturated carbocycles. The van der Waals surface area contributed by atoms with E-state index in [9.17, 15) is 9.59 Å². The molecule has 5 nitrogen and oxygen atoms in total. The van der Waals surface area contributed by atoms with Crippen molar-refractivity contribution in [2.75, 3.05) is 11.5 Å². The van der Waals surface area contributed by atoms with Crippen LogP contribution in [0.1, 0.15) is 46.6 Å². The summed E-state index contributed by atoms with van der Waals surface area (Å²) in [5, 5.41) is 17.8. The average molecular weight is 433 g/mol. The van der Waals surface area contributed by atoms with Crippen molar-refractivity contribution in [1.29, 1.82) is 0 Å². The van der Waals surface area contributed by atoms with Gasteiger partial charge in [-0.2, -0.15) is 0 Å². The monoisotopic (exact) mass is 432 g/mol. The number of fused-ring (bicyclic) bond motifs is 1. The summed E-state index contributed by atoms with van der Waals surface area (Å²) in [5.74, 6) is 0.224. The van der Waals surface area contributed by atoms with Gasteiger partial charge in [-0.05, 0) is 35.6 Å². The van der Waals surface area contributed by atoms with Crippen LogP contribution in [0.2, 0.25) is 0 Å². The molecule has 1 unspecified atom stereocenters. The summed E-state index contributed by atoms with van der Waals surface area (Å²) < 4.78 is 6.21. The molecule has 3 rings (SSSR count). The number of carbonyl (C=O) groups is 2. The molecule has 2 aromatic carbocycles. The normalized spacial score (nSPS) is 15.6. The maximum atomic E-state index is 10.8. The first-order chi connectivity index (χ1) is 14.0. The molecule has 2 N–H and O–H groups in total. The fourth-order valence-electron chi connectivity index (χ4n) is 3.20. The lowest BCUT2D eigenvalue weighted by atomic mass is 9.96. The Morgan fingerprint density at radius 1 is 1.00 bits per heavy atom. The fraction of sp³-hybridized carbons (Fsp3) is 0.364. The van der Waals surface area contributed by atoms with E-state index < -0.39 is 11.9 Å². The van der Waals surface area contributed by atoms with Gasteiger partial charge in [0.2, 0.25) is 0 Å². The first-order valence-electron chi connectivity index (χ1n) is 9.54. The van der Waals surface area contributed by atoms with Crippen LogP contribution in [-0.2, 0) is 16.0 Å². The van der Waals surface area contributed by atoms with Crippen molar-refractivity contribution >= 4 is 35.5 Å². The van der Waals surface area contributed by atoms with Gasteiger partial charge in [0.1, 0.15) is 11.9 Å². The Bertz CT molecular complexity index is 820. The minimum absolute atomic E-state index is 0.00541. The van der Waals surface area contributed by atoms with E-state index in [1.165, 1.54) is 5.56 Å². The van der Waals surface area contributed by atoms with Crippen LogP contribution in [0.4, 0.5) is 0 Å². The van der Waals surface area contributed by atoms with Crippen LogP contribution in [-0.4, -0.2) is 33.7 Å². The summed E-state index contributed by atoms with van der Waals surface area (Å²) in [6.45, 7) is 0. The van der Waals surface area contributed by atoms with Gasteiger partial charge >= 0.3 is 11.9 Å². The van der Waals surface area contributed by atoms with E-state index >= 15 is 0 Å². The Balaban J connectivity index is 1.70. The lowest BCUT2D eigenvalue weighted by molar-refractivity contribution is -0.137. The minimum atomic E-state index is -0.822. The SMILES string of the molecule is O=C(O)CCSC(SCCC(=O)O)c1ccc2c(c1)CCC(c1ccccc1)O2. The number of aliphatic carboxylic acids is 2. The van der Waals surface area contributed by atoms with Crippen LogP contribution in [0.15, 0.2) is 48.5 Å². The third kappa shape index (κ3) is 6.44. The predicted molar refractivity (Wildman–Crippen MR) is 117 cm³/mol. The van der Waals surface area contributed by atoms with Crippen molar-refractivity contribution in [3.8, 4) is 5.75 Å². The van der Waals surface area contributed by atoms with Crippen LogP contribution in [0, 0.1) is 0 Å². The molecule has 0 aliphatic carbocycles. The van der Waals surface area contributed by atoms with Crippen LogP contribution in [0.25, 0.3) is 0 Å². The smallest absolute Gasteiger partial charge is 0.304 e. The quantitative estimate of drug-likeness (QED) is 0.501. The van der Waals surface area contributed by atoms with E-state index in [1.54, 1.807) is 23.5 Å². The zero-order chi connectivity index (χ0) is 20.6. The second-order valence-electron chi connectivity index (χ2n) is 6.78. The summed E-state index contributed by atoms with van der Waals surface area (Å²) in [7, 11) is 0. The molecule has 0 fully saturated rings. The summed E-state index contributed by atoms with van der Waals surface area (Å²) in [5.41, 5.74) is 3.40. The molecule has 1 atom stereocenters. The van der Waals surface area contributed by atoms with E-state index in [4.69, 9.17) is 14.9 Å². The number of rotatable bonds is 10. The van der Waals surface area contributed by atoms with E-state index in [0.29, 0.717) is 11.5 Å². The summed E-state index contributed by atoms with van der Waals surface area (Å²) in [6, 6.07) is 16.3. The number of carboxylic acid groups (broad SMARTS) is 2. The number of hydrogen-bond acceptors (Lipinski definition) is 5. The molecule has 0 bridgehead atoms. The van der Waals surface area contributed by atoms with Crippen molar-refractivity contribution in [3.05, 3.63) is 65.2 Å². The first kappa shape index (κ1) is 21.6. The van der Waals surface area contributed by atoms with Gasteiger partial charge in [-0.25, -0.2) is 0 Å². The average Bonchev–Trinajstić information content (AvgIpc) is 2.72. The Labute approximate surface area is 178 Å². The van der Waals surface area contributed by atoms with Crippen molar-refractivity contribution in [1.82, 2.24) is 0 Å². The maximum Gasteiger partial charge on any atom is 0.304 e. The van der Waals surface area contributed by atoms with Crippen LogP contribution in [0.5, 0.6) is 5.75 Å². The lowest BCUT2D eigenvalue weighted by Crippen LogP contribution is -2.15. The van der Waals surface area contributed by atoms with Crippen LogP contribution >= 0.6 is 23.5 Å². The zero-order valence-electron chi connectivity index (χ0n) is 16.0. The molecule has 0 saturated heterocycles. The van der Waals surface area contributed by atoms with Gasteiger partial charge in [-0.15, -0.1) is 23.5 Å². The van der Waals surface area contributed by atoms with Gasteiger partial charge in [-0.1, -0.05) is 42.5 Å². The Morgan fingerprint density at radius 3 is 2.28 bits per heavy atom. The highest BCUT2D eigenvalue weighted by molar-refractivity contribution is 8.16. The first-order valence-corrected chi connectivity index (χ1v) is 11.6. The van der Waals surface area contributed by atoms with E-state index in [2.05, 4.69) is 18.2 Å². The third-order valence-corrected chi connectivity index (χ3v) is 7.49. The van der Waals surface area contributed by atoms with Gasteiger partial charge in [0.25, 0.3) is 0 Å². The Kier molecular flexibility index (Phi) is 7.89. The summed E-state index contributed by atoms with van der Waals surface area (Å²) >= 11 is 3.10. The van der Waals surface area contributed by atoms with Gasteiger partial charge in [-0.3, -0.25) is 9.59 Å². The molecule has 0 aromatic heterocycles. The number of hydrogen-bond donors (Lipinski definition) is 2. The molecule has 2 aromatic rings. The molecule has 1 aliphatic rings. The summed E-state index contributed by atoms with van der Waals surface area (Å²) in [6.07, 6.45) is 2.06. The molecule has 7 heteroatoms. The summed E-state index contributed by atoms with van der Waals surface area (Å²) in [4.78, 5) is 21.7. The van der Waals surface area contributed by atoms with Crippen molar-refractivity contribution in [2.45, 2.75) is 36.4 Å². The molecule has 154 valence electrons. The number of aryl methyl sites for hydroxylation is 1. The van der Waals surface area contributed by atoms with Crippen molar-refractivity contribution in [3.63, 3.8) is 0 Å². The number of ether oxygens (including phenoxy) is 1. The van der Waals surface area contributed by atoms with Gasteiger partial charge in [0, 0.05) is 11.5 Å². The van der Waals surface area contributed by atoms with Crippen LogP contribution < -0.4 is 4.74 Å².